The van der Waals surface area contributed by atoms with Gasteiger partial charge in [0.2, 0.25) is 0 Å². The van der Waals surface area contributed by atoms with Crippen molar-refractivity contribution in [2.24, 2.45) is 0 Å². The van der Waals surface area contributed by atoms with Crippen molar-refractivity contribution in [1.82, 2.24) is 4.90 Å². The summed E-state index contributed by atoms with van der Waals surface area (Å²) in [6.45, 7) is 10.3. The number of nitrogens with zero attached hydrogens (tertiary/aromatic N) is 1. The van der Waals surface area contributed by atoms with Gasteiger partial charge in [-0.25, -0.2) is 4.79 Å². The van der Waals surface area contributed by atoms with E-state index in [1.807, 2.05) is 121 Å². The summed E-state index contributed by atoms with van der Waals surface area (Å²) in [4.78, 5) is 14.8. The van der Waals surface area contributed by atoms with Gasteiger partial charge in [-0.05, 0) is 56.9 Å². The molecule has 0 aromatic heterocycles. The minimum atomic E-state index is -1.30. The lowest BCUT2D eigenvalue weighted by Gasteiger charge is -2.45. The molecule has 4 aromatic rings. The monoisotopic (exact) mass is 777 g/mol. The fraction of sp³-hybridized carbons (Fsp3) is 0.426. The first-order valence-corrected chi connectivity index (χ1v) is 19.6. The fourth-order valence-corrected chi connectivity index (χ4v) is 6.90. The summed E-state index contributed by atoms with van der Waals surface area (Å²) in [6.07, 6.45) is -5.52. The summed E-state index contributed by atoms with van der Waals surface area (Å²) >= 11 is 0. The van der Waals surface area contributed by atoms with E-state index < -0.39 is 60.1 Å². The second-order valence-electron chi connectivity index (χ2n) is 15.8. The average Bonchev–Trinajstić information content (AvgIpc) is 3.53. The Morgan fingerprint density at radius 1 is 0.737 bits per heavy atom. The Balaban J connectivity index is 1.34. The van der Waals surface area contributed by atoms with Crippen LogP contribution in [0.15, 0.2) is 121 Å². The quantitative estimate of drug-likeness (QED) is 0.131. The Kier molecular flexibility index (Phi) is 14.6. The Morgan fingerprint density at radius 2 is 1.19 bits per heavy atom. The number of carbonyl (C=O) groups excluding carboxylic acids is 1. The molecule has 0 saturated carbocycles. The van der Waals surface area contributed by atoms with Gasteiger partial charge in [0.25, 0.3) is 0 Å². The SMILES string of the molecule is CC(C)(C)OC(=O)N1[C@@H](C(O)C#C[C@@H]2O[C@H](COCc3ccccc3)[C@@H](OCc3ccccc3)[C@H](OCc3ccccc3)[C@H]2OCc2ccccc2)COC1(C)C. The van der Waals surface area contributed by atoms with Crippen molar-refractivity contribution in [2.75, 3.05) is 13.2 Å². The molecule has 1 unspecified atom stereocenters. The van der Waals surface area contributed by atoms with E-state index in [9.17, 15) is 9.90 Å². The van der Waals surface area contributed by atoms with Gasteiger partial charge in [0.05, 0.1) is 45.7 Å². The molecule has 57 heavy (non-hydrogen) atoms. The van der Waals surface area contributed by atoms with Crippen LogP contribution >= 0.6 is 0 Å². The number of amides is 1. The first-order valence-electron chi connectivity index (χ1n) is 19.6. The van der Waals surface area contributed by atoms with Crippen LogP contribution in [-0.2, 0) is 59.6 Å². The second kappa shape index (κ2) is 19.7. The van der Waals surface area contributed by atoms with Crippen molar-refractivity contribution in [3.05, 3.63) is 144 Å². The summed E-state index contributed by atoms with van der Waals surface area (Å²) < 4.78 is 45.1. The maximum atomic E-state index is 13.4. The predicted molar refractivity (Wildman–Crippen MR) is 215 cm³/mol. The molecule has 10 nitrogen and oxygen atoms in total. The molecule has 7 atom stereocenters. The maximum absolute atomic E-state index is 13.4. The minimum absolute atomic E-state index is 0.0652. The van der Waals surface area contributed by atoms with E-state index in [0.717, 1.165) is 22.3 Å². The van der Waals surface area contributed by atoms with Crippen LogP contribution in [0.1, 0.15) is 56.9 Å². The third-order valence-electron chi connectivity index (χ3n) is 9.73. The fourth-order valence-electron chi connectivity index (χ4n) is 6.90. The molecular formula is C47H55NO9. The van der Waals surface area contributed by atoms with Crippen LogP contribution in [0.4, 0.5) is 4.79 Å². The van der Waals surface area contributed by atoms with Crippen LogP contribution < -0.4 is 0 Å². The number of hydrogen-bond donors (Lipinski definition) is 1. The predicted octanol–water partition coefficient (Wildman–Crippen LogP) is 7.46. The van der Waals surface area contributed by atoms with Gasteiger partial charge in [-0.3, -0.25) is 4.90 Å². The molecular weight excluding hydrogens is 723 g/mol. The van der Waals surface area contributed by atoms with Crippen molar-refractivity contribution >= 4 is 6.09 Å². The molecule has 1 amide bonds. The normalized spacial score (nSPS) is 23.6. The lowest BCUT2D eigenvalue weighted by atomic mass is 9.93. The molecule has 10 heteroatoms. The van der Waals surface area contributed by atoms with Gasteiger partial charge in [-0.15, -0.1) is 0 Å². The average molecular weight is 778 g/mol. The third-order valence-corrected chi connectivity index (χ3v) is 9.73. The van der Waals surface area contributed by atoms with Crippen LogP contribution in [-0.4, -0.2) is 83.3 Å². The largest absolute Gasteiger partial charge is 0.444 e. The zero-order valence-corrected chi connectivity index (χ0v) is 33.5. The van der Waals surface area contributed by atoms with E-state index in [2.05, 4.69) is 11.8 Å². The highest BCUT2D eigenvalue weighted by Gasteiger charge is 2.50. The molecule has 0 radical (unpaired) electrons. The molecule has 2 saturated heterocycles. The van der Waals surface area contributed by atoms with Crippen molar-refractivity contribution < 1.29 is 43.1 Å². The highest BCUT2D eigenvalue weighted by molar-refractivity contribution is 5.70. The molecule has 2 aliphatic heterocycles. The molecule has 2 heterocycles. The van der Waals surface area contributed by atoms with Crippen LogP contribution in [0.2, 0.25) is 0 Å². The molecule has 0 aliphatic carbocycles. The van der Waals surface area contributed by atoms with Crippen molar-refractivity contribution in [1.29, 1.82) is 0 Å². The third kappa shape index (κ3) is 12.0. The van der Waals surface area contributed by atoms with Gasteiger partial charge in [0.15, 0.2) is 0 Å². The van der Waals surface area contributed by atoms with Crippen LogP contribution in [0, 0.1) is 11.8 Å². The van der Waals surface area contributed by atoms with E-state index in [0.29, 0.717) is 13.2 Å². The lowest BCUT2D eigenvalue weighted by molar-refractivity contribution is -0.261. The summed E-state index contributed by atoms with van der Waals surface area (Å²) in [5, 5.41) is 11.7. The smallest absolute Gasteiger partial charge is 0.413 e. The highest BCUT2D eigenvalue weighted by Crippen LogP contribution is 2.33. The summed E-state index contributed by atoms with van der Waals surface area (Å²) in [7, 11) is 0. The Hall–Kier alpha value is -4.57. The van der Waals surface area contributed by atoms with E-state index in [-0.39, 0.29) is 26.4 Å². The van der Waals surface area contributed by atoms with Gasteiger partial charge >= 0.3 is 6.09 Å². The summed E-state index contributed by atoms with van der Waals surface area (Å²) in [5.41, 5.74) is 2.17. The molecule has 302 valence electrons. The Labute approximate surface area is 336 Å². The van der Waals surface area contributed by atoms with Crippen molar-refractivity contribution in [3.63, 3.8) is 0 Å². The van der Waals surface area contributed by atoms with Gasteiger partial charge in [-0.1, -0.05) is 133 Å². The van der Waals surface area contributed by atoms with E-state index in [1.54, 1.807) is 34.6 Å². The number of aliphatic hydroxyl groups excluding tert-OH is 1. The second-order valence-corrected chi connectivity index (χ2v) is 15.8. The Bertz CT molecular complexity index is 1880. The molecule has 6 rings (SSSR count). The molecule has 4 aromatic carbocycles. The van der Waals surface area contributed by atoms with Crippen molar-refractivity contribution in [2.45, 2.75) is 115 Å². The van der Waals surface area contributed by atoms with Gasteiger partial charge in [0, 0.05) is 0 Å². The Morgan fingerprint density at radius 3 is 1.68 bits per heavy atom. The number of ether oxygens (including phenoxy) is 7. The number of hydrogen-bond acceptors (Lipinski definition) is 9. The van der Waals surface area contributed by atoms with Crippen LogP contribution in [0.5, 0.6) is 0 Å². The van der Waals surface area contributed by atoms with Gasteiger partial charge in [-0.2, -0.15) is 0 Å². The first-order chi connectivity index (χ1) is 27.5. The van der Waals surface area contributed by atoms with E-state index in [4.69, 9.17) is 33.2 Å². The topological polar surface area (TPSA) is 105 Å². The zero-order chi connectivity index (χ0) is 40.3. The first kappa shape index (κ1) is 42.0. The molecule has 2 aliphatic rings. The standard InChI is InChI=1S/C47H55NO9/c1-46(2,3)57-45(50)48-38(32-55-47(48,4)5)39(49)26-27-40-42(52-29-35-20-12-7-13-21-35)44(54-31-37-24-16-9-17-25-37)43(53-30-36-22-14-8-15-23-36)41(56-40)33-51-28-34-18-10-6-11-19-34/h6-25,38-44,49H,28-33H2,1-5H3/t38-,39?,40+,41-,42+,43-,44-/m1/s1. The van der Waals surface area contributed by atoms with E-state index in [1.165, 1.54) is 4.90 Å². The van der Waals surface area contributed by atoms with Crippen LogP contribution in [0.25, 0.3) is 0 Å². The van der Waals surface area contributed by atoms with Gasteiger partial charge in [0.1, 0.15) is 47.9 Å². The zero-order valence-electron chi connectivity index (χ0n) is 33.5. The van der Waals surface area contributed by atoms with Crippen LogP contribution in [0.3, 0.4) is 0 Å². The minimum Gasteiger partial charge on any atom is -0.444 e. The van der Waals surface area contributed by atoms with Crippen molar-refractivity contribution in [3.8, 4) is 11.8 Å². The molecule has 2 fully saturated rings. The molecule has 0 spiro atoms. The number of benzene rings is 4. The molecule has 1 N–H and O–H groups in total. The number of rotatable bonds is 14. The number of carbonyl (C=O) groups is 1. The number of aliphatic hydroxyl groups is 1. The molecule has 0 bridgehead atoms. The lowest BCUT2D eigenvalue weighted by Crippen LogP contribution is -2.61. The maximum Gasteiger partial charge on any atom is 0.413 e. The van der Waals surface area contributed by atoms with E-state index >= 15 is 0 Å². The summed E-state index contributed by atoms with van der Waals surface area (Å²) in [5.74, 6) is 6.22. The summed E-state index contributed by atoms with van der Waals surface area (Å²) in [6, 6.07) is 38.9. The highest BCUT2D eigenvalue weighted by atomic mass is 16.6. The van der Waals surface area contributed by atoms with Gasteiger partial charge < -0.3 is 38.3 Å².